The van der Waals surface area contributed by atoms with Gasteiger partial charge in [0.15, 0.2) is 0 Å². The second kappa shape index (κ2) is 5.15. The fraction of sp³-hybridized carbons (Fsp3) is 0.538. The summed E-state index contributed by atoms with van der Waals surface area (Å²) in [5, 5.41) is 0.461. The van der Waals surface area contributed by atoms with Crippen molar-refractivity contribution in [3.05, 3.63) is 34.6 Å². The highest BCUT2D eigenvalue weighted by Crippen LogP contribution is 2.28. The minimum Gasteiger partial charge on any atom is -0.327 e. The molecule has 0 heterocycles. The number of hydrogen-bond acceptors (Lipinski definition) is 1. The molecule has 0 amide bonds. The summed E-state index contributed by atoms with van der Waals surface area (Å²) >= 11 is 5.97. The Bertz CT molecular complexity index is 343. The predicted octanol–water partition coefficient (Wildman–Crippen LogP) is 3.79. The molecule has 1 aromatic carbocycles. The molecule has 1 unspecified atom stereocenters. The van der Waals surface area contributed by atoms with Crippen molar-refractivity contribution in [3.63, 3.8) is 0 Å². The van der Waals surface area contributed by atoms with Gasteiger partial charge in [-0.1, -0.05) is 38.4 Å². The Morgan fingerprint density at radius 3 is 2.56 bits per heavy atom. The Hall–Kier alpha value is -0.600. The summed E-state index contributed by atoms with van der Waals surface area (Å²) < 4.78 is 13.6. The Morgan fingerprint density at radius 2 is 2.06 bits per heavy atom. The van der Waals surface area contributed by atoms with Gasteiger partial charge >= 0.3 is 0 Å². The lowest BCUT2D eigenvalue weighted by atomic mass is 9.79. The minimum absolute atomic E-state index is 0.00832. The van der Waals surface area contributed by atoms with Crippen LogP contribution in [-0.2, 0) is 6.42 Å². The molecule has 0 spiro atoms. The number of halogens is 2. The van der Waals surface area contributed by atoms with Crippen LogP contribution < -0.4 is 5.73 Å². The van der Waals surface area contributed by atoms with Crippen molar-refractivity contribution in [2.45, 2.75) is 39.7 Å². The Kier molecular flexibility index (Phi) is 4.34. The van der Waals surface area contributed by atoms with Crippen LogP contribution in [0.5, 0.6) is 0 Å². The molecule has 0 saturated carbocycles. The van der Waals surface area contributed by atoms with Gasteiger partial charge in [0.05, 0.1) is 0 Å². The molecule has 0 aliphatic rings. The van der Waals surface area contributed by atoms with Gasteiger partial charge in [-0.2, -0.15) is 0 Å². The van der Waals surface area contributed by atoms with Gasteiger partial charge in [0.25, 0.3) is 0 Å². The van der Waals surface area contributed by atoms with E-state index in [9.17, 15) is 4.39 Å². The molecule has 3 heteroatoms. The minimum atomic E-state index is -0.269. The van der Waals surface area contributed by atoms with Crippen LogP contribution in [0.2, 0.25) is 5.02 Å². The molecule has 0 bridgehead atoms. The zero-order chi connectivity index (χ0) is 12.3. The van der Waals surface area contributed by atoms with Gasteiger partial charge in [-0.15, -0.1) is 0 Å². The van der Waals surface area contributed by atoms with Crippen molar-refractivity contribution in [1.29, 1.82) is 0 Å². The van der Waals surface area contributed by atoms with E-state index in [0.717, 1.165) is 6.42 Å². The lowest BCUT2D eigenvalue weighted by Gasteiger charge is -2.30. The smallest absolute Gasteiger partial charge is 0.127 e. The third kappa shape index (κ3) is 2.96. The highest BCUT2D eigenvalue weighted by molar-refractivity contribution is 6.31. The van der Waals surface area contributed by atoms with Gasteiger partial charge in [-0.05, 0) is 30.4 Å². The quantitative estimate of drug-likeness (QED) is 0.856. The molecule has 0 aromatic heterocycles. The van der Waals surface area contributed by atoms with Crippen LogP contribution in [0.3, 0.4) is 0 Å². The van der Waals surface area contributed by atoms with Crippen molar-refractivity contribution in [2.75, 3.05) is 0 Å². The third-order valence-electron chi connectivity index (χ3n) is 3.40. The molecule has 0 fully saturated rings. The lowest BCUT2D eigenvalue weighted by molar-refractivity contribution is 0.271. The molecule has 0 aliphatic carbocycles. The molecule has 0 radical (unpaired) electrons. The van der Waals surface area contributed by atoms with Crippen LogP contribution in [0.1, 0.15) is 32.8 Å². The van der Waals surface area contributed by atoms with E-state index >= 15 is 0 Å². The van der Waals surface area contributed by atoms with E-state index in [-0.39, 0.29) is 17.3 Å². The molecule has 1 nitrogen and oxygen atoms in total. The fourth-order valence-electron chi connectivity index (χ4n) is 1.49. The zero-order valence-electron chi connectivity index (χ0n) is 10.1. The van der Waals surface area contributed by atoms with Gasteiger partial charge < -0.3 is 5.73 Å². The molecule has 1 aromatic rings. The first-order valence-electron chi connectivity index (χ1n) is 5.57. The third-order valence-corrected chi connectivity index (χ3v) is 3.75. The summed E-state index contributed by atoms with van der Waals surface area (Å²) in [6.07, 6.45) is 1.44. The number of nitrogens with two attached hydrogens (primary N) is 1. The molecule has 1 atom stereocenters. The second-order valence-electron chi connectivity index (χ2n) is 4.85. The van der Waals surface area contributed by atoms with Gasteiger partial charge in [0.1, 0.15) is 5.82 Å². The first-order chi connectivity index (χ1) is 7.38. The summed E-state index contributed by atoms with van der Waals surface area (Å²) in [4.78, 5) is 0. The van der Waals surface area contributed by atoms with Crippen LogP contribution in [0.25, 0.3) is 0 Å². The van der Waals surface area contributed by atoms with Gasteiger partial charge in [0, 0.05) is 16.6 Å². The van der Waals surface area contributed by atoms with E-state index < -0.39 is 0 Å². The second-order valence-corrected chi connectivity index (χ2v) is 5.26. The topological polar surface area (TPSA) is 26.0 Å². The average molecular weight is 244 g/mol. The normalized spacial score (nSPS) is 13.9. The van der Waals surface area contributed by atoms with Crippen LogP contribution in [0.4, 0.5) is 4.39 Å². The highest BCUT2D eigenvalue weighted by atomic mass is 35.5. The summed E-state index contributed by atoms with van der Waals surface area (Å²) in [5.74, 6) is -0.269. The maximum absolute atomic E-state index is 13.6. The molecule has 90 valence electrons. The van der Waals surface area contributed by atoms with Crippen molar-refractivity contribution in [2.24, 2.45) is 11.1 Å². The summed E-state index contributed by atoms with van der Waals surface area (Å²) in [6.45, 7) is 6.27. The predicted molar refractivity (Wildman–Crippen MR) is 67.2 cm³/mol. The lowest BCUT2D eigenvalue weighted by Crippen LogP contribution is -2.39. The maximum atomic E-state index is 13.6. The van der Waals surface area contributed by atoms with E-state index in [0.29, 0.717) is 17.0 Å². The van der Waals surface area contributed by atoms with E-state index in [4.69, 9.17) is 17.3 Å². The van der Waals surface area contributed by atoms with Gasteiger partial charge in [-0.3, -0.25) is 0 Å². The van der Waals surface area contributed by atoms with Crippen molar-refractivity contribution in [1.82, 2.24) is 0 Å². The molecule has 2 N–H and O–H groups in total. The summed E-state index contributed by atoms with van der Waals surface area (Å²) in [7, 11) is 0. The monoisotopic (exact) mass is 243 g/mol. The van der Waals surface area contributed by atoms with Crippen molar-refractivity contribution in [3.8, 4) is 0 Å². The van der Waals surface area contributed by atoms with E-state index in [1.165, 1.54) is 6.07 Å². The Balaban J connectivity index is 2.89. The van der Waals surface area contributed by atoms with Crippen LogP contribution in [0, 0.1) is 11.2 Å². The first kappa shape index (κ1) is 13.5. The van der Waals surface area contributed by atoms with Crippen LogP contribution >= 0.6 is 11.6 Å². The SMILES string of the molecule is CCC(C)(C)C(N)Cc1c(F)cccc1Cl. The molecule has 0 saturated heterocycles. The Morgan fingerprint density at radius 1 is 1.44 bits per heavy atom. The molecule has 16 heavy (non-hydrogen) atoms. The van der Waals surface area contributed by atoms with E-state index in [1.54, 1.807) is 12.1 Å². The average Bonchev–Trinajstić information content (AvgIpc) is 2.23. The number of benzene rings is 1. The van der Waals surface area contributed by atoms with Crippen LogP contribution in [0.15, 0.2) is 18.2 Å². The van der Waals surface area contributed by atoms with Crippen LogP contribution in [-0.4, -0.2) is 6.04 Å². The van der Waals surface area contributed by atoms with Crippen molar-refractivity contribution < 1.29 is 4.39 Å². The molecule has 1 rings (SSSR count). The van der Waals surface area contributed by atoms with E-state index in [1.807, 2.05) is 0 Å². The maximum Gasteiger partial charge on any atom is 0.127 e. The Labute approximate surface area is 102 Å². The summed E-state index contributed by atoms with van der Waals surface area (Å²) in [5.41, 5.74) is 6.62. The number of rotatable bonds is 4. The van der Waals surface area contributed by atoms with E-state index in [2.05, 4.69) is 20.8 Å². The summed E-state index contributed by atoms with van der Waals surface area (Å²) in [6, 6.07) is 4.64. The van der Waals surface area contributed by atoms with Crippen molar-refractivity contribution >= 4 is 11.6 Å². The standard InChI is InChI=1S/C13H19ClFN/c1-4-13(2,3)12(16)8-9-10(14)6-5-7-11(9)15/h5-7,12H,4,8,16H2,1-3H3. The van der Waals surface area contributed by atoms with Gasteiger partial charge in [0.2, 0.25) is 0 Å². The zero-order valence-corrected chi connectivity index (χ0v) is 10.8. The molecular weight excluding hydrogens is 225 g/mol. The number of hydrogen-bond donors (Lipinski definition) is 1. The first-order valence-corrected chi connectivity index (χ1v) is 5.94. The fourth-order valence-corrected chi connectivity index (χ4v) is 1.73. The largest absolute Gasteiger partial charge is 0.327 e. The molecular formula is C13H19ClFN. The van der Waals surface area contributed by atoms with Gasteiger partial charge in [-0.25, -0.2) is 4.39 Å². The highest BCUT2D eigenvalue weighted by Gasteiger charge is 2.25. The molecule has 0 aliphatic heterocycles.